The molecule has 1 aromatic heterocycles. The molecule has 0 radical (unpaired) electrons. The molecule has 1 aromatic rings. The van der Waals surface area contributed by atoms with E-state index in [1.807, 2.05) is 6.07 Å². The quantitative estimate of drug-likeness (QED) is 0.718. The molecule has 0 saturated heterocycles. The lowest BCUT2D eigenvalue weighted by Crippen LogP contribution is -2.54. The fourth-order valence-corrected chi connectivity index (χ4v) is 4.02. The molecule has 3 rings (SSSR count). The Kier molecular flexibility index (Phi) is 2.60. The van der Waals surface area contributed by atoms with E-state index in [-0.39, 0.29) is 16.6 Å². The number of fused-ring (bicyclic) bond motifs is 2. The molecule has 0 spiro atoms. The fourth-order valence-electron chi connectivity index (χ4n) is 4.02. The summed E-state index contributed by atoms with van der Waals surface area (Å²) in [6, 6.07) is 1.86. The van der Waals surface area contributed by atoms with Gasteiger partial charge < -0.3 is 9.15 Å². The molecule has 104 valence electrons. The first-order chi connectivity index (χ1) is 8.82. The molecule has 2 atom stereocenters. The van der Waals surface area contributed by atoms with Crippen LogP contribution in [0.4, 0.5) is 0 Å². The Morgan fingerprint density at radius 1 is 1.26 bits per heavy atom. The molecule has 0 bridgehead atoms. The molecule has 0 aromatic carbocycles. The lowest BCUT2D eigenvalue weighted by molar-refractivity contribution is -0.0826. The van der Waals surface area contributed by atoms with Crippen molar-refractivity contribution in [3.8, 4) is 5.75 Å². The third kappa shape index (κ3) is 1.90. The minimum absolute atomic E-state index is 0.144. The number of aryl methyl sites for hydroxylation is 1. The van der Waals surface area contributed by atoms with Crippen molar-refractivity contribution in [1.29, 1.82) is 0 Å². The van der Waals surface area contributed by atoms with Crippen LogP contribution < -0.4 is 10.4 Å². The molecule has 0 N–H and O–H groups in total. The maximum Gasteiger partial charge on any atom is 0.342 e. The van der Waals surface area contributed by atoms with Crippen LogP contribution in [0.1, 0.15) is 51.4 Å². The van der Waals surface area contributed by atoms with Gasteiger partial charge in [0.2, 0.25) is 0 Å². The third-order valence-corrected chi connectivity index (χ3v) is 5.06. The SMILES string of the molecule is Cc1cc2c(c(=O)o1)CC1C(C)(C)CCCC1(C)O2. The highest BCUT2D eigenvalue weighted by molar-refractivity contribution is 5.35. The van der Waals surface area contributed by atoms with Gasteiger partial charge in [-0.3, -0.25) is 0 Å². The number of hydrogen-bond donors (Lipinski definition) is 0. The van der Waals surface area contributed by atoms with Crippen LogP contribution >= 0.6 is 0 Å². The minimum atomic E-state index is -0.224. The van der Waals surface area contributed by atoms with Crippen LogP contribution in [0, 0.1) is 18.3 Å². The first kappa shape index (κ1) is 12.8. The zero-order chi connectivity index (χ0) is 13.8. The zero-order valence-electron chi connectivity index (χ0n) is 12.2. The molecule has 19 heavy (non-hydrogen) atoms. The first-order valence-corrected chi connectivity index (χ1v) is 7.14. The van der Waals surface area contributed by atoms with Gasteiger partial charge in [0, 0.05) is 12.0 Å². The zero-order valence-corrected chi connectivity index (χ0v) is 12.2. The van der Waals surface area contributed by atoms with Gasteiger partial charge in [-0.15, -0.1) is 0 Å². The van der Waals surface area contributed by atoms with Gasteiger partial charge in [-0.05, 0) is 44.9 Å². The highest BCUT2D eigenvalue weighted by atomic mass is 16.5. The summed E-state index contributed by atoms with van der Waals surface area (Å²) in [6.07, 6.45) is 4.24. The summed E-state index contributed by atoms with van der Waals surface area (Å²) in [6.45, 7) is 8.58. The lowest BCUT2D eigenvalue weighted by atomic mass is 9.59. The van der Waals surface area contributed by atoms with Gasteiger partial charge >= 0.3 is 5.63 Å². The fraction of sp³-hybridized carbons (Fsp3) is 0.688. The summed E-state index contributed by atoms with van der Waals surface area (Å²) < 4.78 is 11.5. The van der Waals surface area contributed by atoms with Crippen molar-refractivity contribution in [2.45, 2.75) is 59.0 Å². The van der Waals surface area contributed by atoms with E-state index in [9.17, 15) is 4.79 Å². The normalized spacial score (nSPS) is 32.1. The number of hydrogen-bond acceptors (Lipinski definition) is 3. The molecule has 1 saturated carbocycles. The highest BCUT2D eigenvalue weighted by Crippen LogP contribution is 2.52. The second-order valence-electron chi connectivity index (χ2n) is 7.00. The molecule has 3 nitrogen and oxygen atoms in total. The van der Waals surface area contributed by atoms with Crippen molar-refractivity contribution in [2.24, 2.45) is 11.3 Å². The van der Waals surface area contributed by atoms with Gasteiger partial charge in [0.25, 0.3) is 0 Å². The van der Waals surface area contributed by atoms with Crippen LogP contribution in [-0.4, -0.2) is 5.60 Å². The van der Waals surface area contributed by atoms with Crippen LogP contribution in [0.3, 0.4) is 0 Å². The molecular formula is C16H22O3. The van der Waals surface area contributed by atoms with Crippen molar-refractivity contribution in [2.75, 3.05) is 0 Å². The summed E-state index contributed by atoms with van der Waals surface area (Å²) in [7, 11) is 0. The van der Waals surface area contributed by atoms with E-state index >= 15 is 0 Å². The van der Waals surface area contributed by atoms with Gasteiger partial charge in [-0.1, -0.05) is 13.8 Å². The third-order valence-electron chi connectivity index (χ3n) is 5.06. The Balaban J connectivity index is 2.11. The smallest absolute Gasteiger partial charge is 0.342 e. The van der Waals surface area contributed by atoms with Gasteiger partial charge in [0.1, 0.15) is 17.1 Å². The van der Waals surface area contributed by atoms with E-state index in [1.54, 1.807) is 6.92 Å². The minimum Gasteiger partial charge on any atom is -0.487 e. The Bertz CT molecular complexity index is 570. The Hall–Kier alpha value is -1.25. The molecule has 2 heterocycles. The molecule has 2 unspecified atom stereocenters. The largest absolute Gasteiger partial charge is 0.487 e. The molecule has 1 aliphatic carbocycles. The standard InChI is InChI=1S/C16H22O3/c1-10-8-12-11(14(17)18-10)9-13-15(2,3)6-5-7-16(13,4)19-12/h8,13H,5-7,9H2,1-4H3. The van der Waals surface area contributed by atoms with Crippen LogP contribution in [0.25, 0.3) is 0 Å². The van der Waals surface area contributed by atoms with Crippen molar-refractivity contribution in [3.05, 3.63) is 27.8 Å². The van der Waals surface area contributed by atoms with E-state index < -0.39 is 0 Å². The van der Waals surface area contributed by atoms with Crippen molar-refractivity contribution >= 4 is 0 Å². The maximum absolute atomic E-state index is 12.0. The predicted octanol–water partition coefficient (Wildman–Crippen LogP) is 3.47. The van der Waals surface area contributed by atoms with E-state index in [2.05, 4.69) is 20.8 Å². The predicted molar refractivity (Wildman–Crippen MR) is 73.6 cm³/mol. The van der Waals surface area contributed by atoms with Crippen LogP contribution in [0.2, 0.25) is 0 Å². The van der Waals surface area contributed by atoms with Crippen LogP contribution in [0.5, 0.6) is 5.75 Å². The van der Waals surface area contributed by atoms with Crippen molar-refractivity contribution in [1.82, 2.24) is 0 Å². The Labute approximate surface area is 114 Å². The van der Waals surface area contributed by atoms with Crippen LogP contribution in [-0.2, 0) is 6.42 Å². The van der Waals surface area contributed by atoms with E-state index in [1.165, 1.54) is 12.8 Å². The van der Waals surface area contributed by atoms with Gasteiger partial charge in [-0.25, -0.2) is 4.79 Å². The van der Waals surface area contributed by atoms with Gasteiger partial charge in [-0.2, -0.15) is 0 Å². The summed E-state index contributed by atoms with van der Waals surface area (Å²) in [5, 5.41) is 0. The molecule has 1 aliphatic heterocycles. The summed E-state index contributed by atoms with van der Waals surface area (Å²) in [5.41, 5.74) is 0.568. The number of rotatable bonds is 0. The second-order valence-corrected chi connectivity index (χ2v) is 7.00. The maximum atomic E-state index is 12.0. The van der Waals surface area contributed by atoms with Gasteiger partial charge in [0.15, 0.2) is 0 Å². The average molecular weight is 262 g/mol. The van der Waals surface area contributed by atoms with E-state index in [0.717, 1.165) is 24.2 Å². The summed E-state index contributed by atoms with van der Waals surface area (Å²) in [5.74, 6) is 1.75. The molecule has 2 aliphatic rings. The van der Waals surface area contributed by atoms with E-state index in [4.69, 9.17) is 9.15 Å². The topological polar surface area (TPSA) is 39.4 Å². The van der Waals surface area contributed by atoms with E-state index in [0.29, 0.717) is 11.7 Å². The molecule has 1 fully saturated rings. The first-order valence-electron chi connectivity index (χ1n) is 7.14. The second kappa shape index (κ2) is 3.87. The van der Waals surface area contributed by atoms with Crippen molar-refractivity contribution in [3.63, 3.8) is 0 Å². The Morgan fingerprint density at radius 3 is 2.74 bits per heavy atom. The summed E-state index contributed by atoms with van der Waals surface area (Å²) in [4.78, 5) is 12.0. The van der Waals surface area contributed by atoms with Gasteiger partial charge in [0.05, 0.1) is 5.56 Å². The molecule has 0 amide bonds. The molecular weight excluding hydrogens is 240 g/mol. The monoisotopic (exact) mass is 262 g/mol. The average Bonchev–Trinajstić information content (AvgIpc) is 2.25. The van der Waals surface area contributed by atoms with Crippen LogP contribution in [0.15, 0.2) is 15.3 Å². The highest BCUT2D eigenvalue weighted by Gasteiger charge is 2.51. The lowest BCUT2D eigenvalue weighted by Gasteiger charge is -2.52. The molecule has 3 heteroatoms. The van der Waals surface area contributed by atoms with Crippen molar-refractivity contribution < 1.29 is 9.15 Å². The number of ether oxygens (including phenoxy) is 1. The Morgan fingerprint density at radius 2 is 2.00 bits per heavy atom. The summed E-state index contributed by atoms with van der Waals surface area (Å²) >= 11 is 0.